The minimum absolute atomic E-state index is 0.410. The summed E-state index contributed by atoms with van der Waals surface area (Å²) in [4.78, 5) is 11.6. The van der Waals surface area contributed by atoms with Crippen LogP contribution in [0.3, 0.4) is 0 Å². The number of aliphatic carboxylic acids is 1. The lowest BCUT2D eigenvalue weighted by molar-refractivity contribution is -0.153. The molecule has 1 aliphatic carbocycles. The molecule has 0 heterocycles. The summed E-state index contributed by atoms with van der Waals surface area (Å²) < 4.78 is 0. The third kappa shape index (κ3) is 4.15. The summed E-state index contributed by atoms with van der Waals surface area (Å²) in [5.74, 6) is 0.0763. The van der Waals surface area contributed by atoms with Crippen molar-refractivity contribution in [2.24, 2.45) is 11.3 Å². The highest BCUT2D eigenvalue weighted by Crippen LogP contribution is 2.44. The van der Waals surface area contributed by atoms with Gasteiger partial charge in [0.05, 0.1) is 5.41 Å². The monoisotopic (exact) mass is 252 g/mol. The largest absolute Gasteiger partial charge is 0.481 e. The maximum atomic E-state index is 11.6. The van der Waals surface area contributed by atoms with Crippen LogP contribution < -0.4 is 0 Å². The molecule has 1 aliphatic rings. The van der Waals surface area contributed by atoms with E-state index >= 15 is 0 Å². The van der Waals surface area contributed by atoms with Crippen molar-refractivity contribution in [3.05, 3.63) is 12.7 Å². The molecule has 2 unspecified atom stereocenters. The van der Waals surface area contributed by atoms with E-state index in [4.69, 9.17) is 0 Å². The first-order valence-electron chi connectivity index (χ1n) is 7.49. The molecule has 1 saturated carbocycles. The van der Waals surface area contributed by atoms with Gasteiger partial charge in [-0.1, -0.05) is 45.1 Å². The summed E-state index contributed by atoms with van der Waals surface area (Å²) >= 11 is 0. The highest BCUT2D eigenvalue weighted by atomic mass is 16.4. The summed E-state index contributed by atoms with van der Waals surface area (Å²) in [7, 11) is 0. The van der Waals surface area contributed by atoms with Crippen molar-refractivity contribution in [2.45, 2.75) is 71.1 Å². The fourth-order valence-corrected chi connectivity index (χ4v) is 3.29. The van der Waals surface area contributed by atoms with Crippen LogP contribution in [0.1, 0.15) is 71.1 Å². The SMILES string of the molecule is C=CCCCCCC1(C(=O)O)CCCC(CC)C1. The lowest BCUT2D eigenvalue weighted by Crippen LogP contribution is -2.36. The maximum Gasteiger partial charge on any atom is 0.309 e. The molecule has 0 aromatic carbocycles. The number of carbonyl (C=O) groups is 1. The second kappa shape index (κ2) is 7.60. The van der Waals surface area contributed by atoms with Gasteiger partial charge in [-0.05, 0) is 38.0 Å². The third-order valence-corrected chi connectivity index (χ3v) is 4.54. The predicted octanol–water partition coefficient (Wildman–Crippen LogP) is 4.79. The molecular formula is C16H28O2. The van der Waals surface area contributed by atoms with Crippen molar-refractivity contribution >= 4 is 5.97 Å². The molecule has 0 aromatic heterocycles. The van der Waals surface area contributed by atoms with Crippen LogP contribution >= 0.6 is 0 Å². The fourth-order valence-electron chi connectivity index (χ4n) is 3.29. The van der Waals surface area contributed by atoms with Crippen LogP contribution in [0.4, 0.5) is 0 Å². The topological polar surface area (TPSA) is 37.3 Å². The maximum absolute atomic E-state index is 11.6. The van der Waals surface area contributed by atoms with Crippen LogP contribution in [0.25, 0.3) is 0 Å². The Morgan fingerprint density at radius 2 is 2.22 bits per heavy atom. The average Bonchev–Trinajstić information content (AvgIpc) is 2.38. The number of unbranched alkanes of at least 4 members (excludes halogenated alkanes) is 3. The van der Waals surface area contributed by atoms with E-state index in [1.807, 2.05) is 6.08 Å². The number of rotatable bonds is 8. The predicted molar refractivity (Wildman–Crippen MR) is 75.6 cm³/mol. The minimum atomic E-state index is -0.552. The lowest BCUT2D eigenvalue weighted by atomic mass is 9.66. The first-order chi connectivity index (χ1) is 8.64. The molecule has 1 N–H and O–H groups in total. The summed E-state index contributed by atoms with van der Waals surface area (Å²) in [6.45, 7) is 5.90. The Morgan fingerprint density at radius 3 is 2.83 bits per heavy atom. The van der Waals surface area contributed by atoms with Crippen molar-refractivity contribution in [2.75, 3.05) is 0 Å². The molecule has 2 atom stereocenters. The Hall–Kier alpha value is -0.790. The van der Waals surface area contributed by atoms with E-state index in [1.54, 1.807) is 0 Å². The van der Waals surface area contributed by atoms with Gasteiger partial charge in [0.15, 0.2) is 0 Å². The highest BCUT2D eigenvalue weighted by molar-refractivity contribution is 5.74. The molecule has 0 spiro atoms. The number of allylic oxidation sites excluding steroid dienone is 1. The standard InChI is InChI=1S/C16H28O2/c1-3-5-6-7-8-11-16(15(17)18)12-9-10-14(4-2)13-16/h3,14H,1,4-13H2,2H3,(H,17,18). The number of hydrogen-bond acceptors (Lipinski definition) is 1. The van der Waals surface area contributed by atoms with Crippen LogP contribution in [0.2, 0.25) is 0 Å². The van der Waals surface area contributed by atoms with E-state index in [9.17, 15) is 9.90 Å². The number of carboxylic acid groups (broad SMARTS) is 1. The van der Waals surface area contributed by atoms with Crippen molar-refractivity contribution in [3.8, 4) is 0 Å². The van der Waals surface area contributed by atoms with Crippen LogP contribution in [0.5, 0.6) is 0 Å². The second-order valence-electron chi connectivity index (χ2n) is 5.84. The van der Waals surface area contributed by atoms with Crippen molar-refractivity contribution < 1.29 is 9.90 Å². The summed E-state index contributed by atoms with van der Waals surface area (Å²) in [6, 6.07) is 0. The molecule has 0 bridgehead atoms. The molecule has 0 radical (unpaired) electrons. The molecule has 18 heavy (non-hydrogen) atoms. The summed E-state index contributed by atoms with van der Waals surface area (Å²) in [5, 5.41) is 9.59. The van der Waals surface area contributed by atoms with Gasteiger partial charge in [-0.2, -0.15) is 0 Å². The van der Waals surface area contributed by atoms with Gasteiger partial charge in [0.1, 0.15) is 0 Å². The molecule has 0 amide bonds. The Labute approximate surface area is 111 Å². The van der Waals surface area contributed by atoms with Crippen molar-refractivity contribution in [3.63, 3.8) is 0 Å². The molecule has 0 aliphatic heterocycles. The first kappa shape index (κ1) is 15.3. The molecule has 104 valence electrons. The van der Waals surface area contributed by atoms with Crippen molar-refractivity contribution in [1.29, 1.82) is 0 Å². The van der Waals surface area contributed by atoms with Crippen LogP contribution in [-0.4, -0.2) is 11.1 Å². The zero-order chi connectivity index (χ0) is 13.4. The van der Waals surface area contributed by atoms with E-state index in [0.29, 0.717) is 5.92 Å². The van der Waals surface area contributed by atoms with E-state index in [0.717, 1.165) is 57.8 Å². The Kier molecular flexibility index (Phi) is 6.45. The van der Waals surface area contributed by atoms with Gasteiger partial charge in [-0.25, -0.2) is 0 Å². The zero-order valence-corrected chi connectivity index (χ0v) is 11.8. The van der Waals surface area contributed by atoms with E-state index in [2.05, 4.69) is 13.5 Å². The summed E-state index contributed by atoms with van der Waals surface area (Å²) in [6.07, 6.45) is 12.4. The number of carboxylic acids is 1. The van der Waals surface area contributed by atoms with E-state index in [1.165, 1.54) is 6.42 Å². The quantitative estimate of drug-likeness (QED) is 0.498. The van der Waals surface area contributed by atoms with Crippen LogP contribution in [-0.2, 0) is 4.79 Å². The molecule has 0 saturated heterocycles. The normalized spacial score (nSPS) is 27.9. The fraction of sp³-hybridized carbons (Fsp3) is 0.812. The average molecular weight is 252 g/mol. The van der Waals surface area contributed by atoms with E-state index in [-0.39, 0.29) is 0 Å². The van der Waals surface area contributed by atoms with Gasteiger partial charge in [-0.3, -0.25) is 4.79 Å². The molecular weight excluding hydrogens is 224 g/mol. The van der Waals surface area contributed by atoms with Crippen molar-refractivity contribution in [1.82, 2.24) is 0 Å². The van der Waals surface area contributed by atoms with Crippen LogP contribution in [0, 0.1) is 11.3 Å². The van der Waals surface area contributed by atoms with E-state index < -0.39 is 11.4 Å². The molecule has 1 fully saturated rings. The first-order valence-corrected chi connectivity index (χ1v) is 7.49. The van der Waals surface area contributed by atoms with Crippen LogP contribution in [0.15, 0.2) is 12.7 Å². The Bertz CT molecular complexity index is 272. The zero-order valence-electron chi connectivity index (χ0n) is 11.8. The molecule has 0 aromatic rings. The third-order valence-electron chi connectivity index (χ3n) is 4.54. The number of hydrogen-bond donors (Lipinski definition) is 1. The highest BCUT2D eigenvalue weighted by Gasteiger charge is 2.41. The van der Waals surface area contributed by atoms with Gasteiger partial charge in [-0.15, -0.1) is 6.58 Å². The van der Waals surface area contributed by atoms with Gasteiger partial charge >= 0.3 is 5.97 Å². The van der Waals surface area contributed by atoms with Gasteiger partial charge in [0, 0.05) is 0 Å². The minimum Gasteiger partial charge on any atom is -0.481 e. The van der Waals surface area contributed by atoms with Gasteiger partial charge in [0.25, 0.3) is 0 Å². The lowest BCUT2D eigenvalue weighted by Gasteiger charge is -2.37. The summed E-state index contributed by atoms with van der Waals surface area (Å²) in [5.41, 5.74) is -0.410. The van der Waals surface area contributed by atoms with Gasteiger partial charge < -0.3 is 5.11 Å². The molecule has 2 heteroatoms. The smallest absolute Gasteiger partial charge is 0.309 e. The molecule has 1 rings (SSSR count). The Balaban J connectivity index is 2.47. The Morgan fingerprint density at radius 1 is 1.44 bits per heavy atom. The molecule has 2 nitrogen and oxygen atoms in total. The van der Waals surface area contributed by atoms with Gasteiger partial charge in [0.2, 0.25) is 0 Å². The second-order valence-corrected chi connectivity index (χ2v) is 5.84.